The van der Waals surface area contributed by atoms with Gasteiger partial charge in [0.2, 0.25) is 0 Å². The van der Waals surface area contributed by atoms with Crippen LogP contribution in [-0.4, -0.2) is 37.2 Å². The molecule has 0 bridgehead atoms. The molecular weight excluding hydrogens is 853 g/mol. The summed E-state index contributed by atoms with van der Waals surface area (Å²) in [5.74, 6) is -0.904. The molecule has 0 aromatic rings. The Morgan fingerprint density at radius 3 is 0.942 bits per heavy atom. The third-order valence-corrected chi connectivity index (χ3v) is 12.4. The SMILES string of the molecule is CC/C=C\C/C=C\C/C=C\C/C=C\C/C=C\CCCCCCCCCCCCCCCCCCCC(=O)OCC(COC(=O)CCCCCCC)OC(=O)CCCCCCC/C=C\C/C=C\CCC. The summed E-state index contributed by atoms with van der Waals surface area (Å²) in [7, 11) is 0. The molecule has 0 aliphatic heterocycles. The van der Waals surface area contributed by atoms with E-state index in [1.165, 1.54) is 109 Å². The normalized spacial score (nSPS) is 12.7. The zero-order valence-corrected chi connectivity index (χ0v) is 45.3. The van der Waals surface area contributed by atoms with Crippen molar-refractivity contribution in [2.75, 3.05) is 13.2 Å². The van der Waals surface area contributed by atoms with Crippen molar-refractivity contribution in [2.45, 2.75) is 284 Å². The molecular formula is C63H108O6. The third-order valence-electron chi connectivity index (χ3n) is 12.4. The van der Waals surface area contributed by atoms with Crippen LogP contribution in [0.1, 0.15) is 278 Å². The number of hydrogen-bond acceptors (Lipinski definition) is 6. The van der Waals surface area contributed by atoms with E-state index in [9.17, 15) is 14.4 Å². The molecule has 6 heteroatoms. The number of carbonyl (C=O) groups is 3. The van der Waals surface area contributed by atoms with Gasteiger partial charge in [-0.15, -0.1) is 0 Å². The maximum atomic E-state index is 12.7. The van der Waals surface area contributed by atoms with Gasteiger partial charge in [-0.25, -0.2) is 0 Å². The molecule has 1 atom stereocenters. The predicted octanol–water partition coefficient (Wildman–Crippen LogP) is 19.5. The molecule has 0 N–H and O–H groups in total. The van der Waals surface area contributed by atoms with Crippen LogP contribution in [0, 0.1) is 0 Å². The van der Waals surface area contributed by atoms with Crippen molar-refractivity contribution in [1.82, 2.24) is 0 Å². The van der Waals surface area contributed by atoms with E-state index in [1.807, 2.05) is 0 Å². The Bertz CT molecular complexity index is 1330. The van der Waals surface area contributed by atoms with Crippen LogP contribution in [0.2, 0.25) is 0 Å². The molecule has 0 aliphatic rings. The van der Waals surface area contributed by atoms with Gasteiger partial charge in [-0.3, -0.25) is 14.4 Å². The summed E-state index contributed by atoms with van der Waals surface area (Å²) < 4.78 is 16.7. The molecule has 0 rings (SSSR count). The summed E-state index contributed by atoms with van der Waals surface area (Å²) in [6, 6.07) is 0. The summed E-state index contributed by atoms with van der Waals surface area (Å²) in [6.07, 6.45) is 75.0. The van der Waals surface area contributed by atoms with Crippen molar-refractivity contribution >= 4 is 17.9 Å². The Labute approximate surface area is 426 Å². The number of carbonyl (C=O) groups excluding carboxylic acids is 3. The number of unbranched alkanes of at least 4 members (excludes halogenated alkanes) is 27. The summed E-state index contributed by atoms with van der Waals surface area (Å²) in [5.41, 5.74) is 0. The lowest BCUT2D eigenvalue weighted by Crippen LogP contribution is -2.30. The van der Waals surface area contributed by atoms with Crippen LogP contribution in [0.3, 0.4) is 0 Å². The second kappa shape index (κ2) is 57.2. The largest absolute Gasteiger partial charge is 0.462 e. The Morgan fingerprint density at radius 1 is 0.304 bits per heavy atom. The van der Waals surface area contributed by atoms with E-state index in [0.717, 1.165) is 128 Å². The standard InChI is InChI=1S/C63H108O6/c1-4-7-10-13-15-17-19-21-22-23-24-25-26-27-28-29-30-31-32-33-34-35-36-37-38-39-40-42-43-45-47-50-53-56-62(65)68-59-60(58-67-61(64)55-52-49-12-9-6-3)69-63(66)57-54-51-48-46-44-41-20-18-16-14-11-8-5-2/h7,10-11,14-15,17-18,20-22,24-25,27-28,60H,4-6,8-9,12-13,16,19,23,26,29-59H2,1-3H3/b10-7-,14-11-,17-15-,20-18-,22-21-,25-24-,28-27-. The topological polar surface area (TPSA) is 78.9 Å². The lowest BCUT2D eigenvalue weighted by atomic mass is 10.0. The van der Waals surface area contributed by atoms with E-state index in [4.69, 9.17) is 14.2 Å². The highest BCUT2D eigenvalue weighted by molar-refractivity contribution is 5.71. The van der Waals surface area contributed by atoms with E-state index < -0.39 is 6.10 Å². The van der Waals surface area contributed by atoms with Gasteiger partial charge in [-0.05, 0) is 89.9 Å². The molecule has 6 nitrogen and oxygen atoms in total. The van der Waals surface area contributed by atoms with Gasteiger partial charge in [0.25, 0.3) is 0 Å². The lowest BCUT2D eigenvalue weighted by molar-refractivity contribution is -0.167. The van der Waals surface area contributed by atoms with Crippen molar-refractivity contribution in [2.24, 2.45) is 0 Å². The smallest absolute Gasteiger partial charge is 0.306 e. The number of ether oxygens (including phenoxy) is 3. The highest BCUT2D eigenvalue weighted by Gasteiger charge is 2.19. The molecule has 0 spiro atoms. The van der Waals surface area contributed by atoms with Crippen LogP contribution in [-0.2, 0) is 28.6 Å². The van der Waals surface area contributed by atoms with Crippen LogP contribution in [0.15, 0.2) is 85.1 Å². The summed E-state index contributed by atoms with van der Waals surface area (Å²) >= 11 is 0. The zero-order chi connectivity index (χ0) is 50.0. The van der Waals surface area contributed by atoms with E-state index >= 15 is 0 Å². The first kappa shape index (κ1) is 65.6. The molecule has 0 aromatic carbocycles. The second-order valence-electron chi connectivity index (χ2n) is 19.2. The number of esters is 3. The molecule has 0 amide bonds. The minimum Gasteiger partial charge on any atom is -0.462 e. The first-order valence-corrected chi connectivity index (χ1v) is 29.1. The third kappa shape index (κ3) is 55.4. The minimum atomic E-state index is -0.777. The van der Waals surface area contributed by atoms with Crippen LogP contribution in [0.25, 0.3) is 0 Å². The Morgan fingerprint density at radius 2 is 0.594 bits per heavy atom. The molecule has 0 aliphatic carbocycles. The van der Waals surface area contributed by atoms with E-state index in [0.29, 0.717) is 19.3 Å². The monoisotopic (exact) mass is 961 g/mol. The summed E-state index contributed by atoms with van der Waals surface area (Å²) in [4.78, 5) is 37.7. The zero-order valence-electron chi connectivity index (χ0n) is 45.3. The average molecular weight is 962 g/mol. The lowest BCUT2D eigenvalue weighted by Gasteiger charge is -2.18. The van der Waals surface area contributed by atoms with Crippen molar-refractivity contribution in [3.05, 3.63) is 85.1 Å². The molecule has 0 fully saturated rings. The molecule has 396 valence electrons. The maximum Gasteiger partial charge on any atom is 0.306 e. The van der Waals surface area contributed by atoms with Crippen molar-refractivity contribution < 1.29 is 28.6 Å². The van der Waals surface area contributed by atoms with Gasteiger partial charge in [0, 0.05) is 19.3 Å². The fourth-order valence-electron chi connectivity index (χ4n) is 8.04. The van der Waals surface area contributed by atoms with E-state index in [1.54, 1.807) is 0 Å². The number of hydrogen-bond donors (Lipinski definition) is 0. The fraction of sp³-hybridized carbons (Fsp3) is 0.730. The second-order valence-corrected chi connectivity index (χ2v) is 19.2. The number of allylic oxidation sites excluding steroid dienone is 14. The highest BCUT2D eigenvalue weighted by atomic mass is 16.6. The van der Waals surface area contributed by atoms with Gasteiger partial charge >= 0.3 is 17.9 Å². The first-order chi connectivity index (χ1) is 34.0. The molecule has 0 saturated carbocycles. The van der Waals surface area contributed by atoms with E-state index in [-0.39, 0.29) is 31.1 Å². The Kier molecular flexibility index (Phi) is 54.3. The van der Waals surface area contributed by atoms with Gasteiger partial charge in [0.05, 0.1) is 0 Å². The number of rotatable bonds is 52. The van der Waals surface area contributed by atoms with Crippen LogP contribution >= 0.6 is 0 Å². The van der Waals surface area contributed by atoms with Crippen molar-refractivity contribution in [3.63, 3.8) is 0 Å². The fourth-order valence-corrected chi connectivity index (χ4v) is 8.04. The average Bonchev–Trinajstić information content (AvgIpc) is 3.35. The van der Waals surface area contributed by atoms with Gasteiger partial charge in [-0.1, -0.05) is 254 Å². The maximum absolute atomic E-state index is 12.7. The Balaban J connectivity index is 3.93. The molecule has 0 heterocycles. The minimum absolute atomic E-state index is 0.0796. The summed E-state index contributed by atoms with van der Waals surface area (Å²) in [6.45, 7) is 6.37. The van der Waals surface area contributed by atoms with Crippen molar-refractivity contribution in [3.8, 4) is 0 Å². The van der Waals surface area contributed by atoms with Gasteiger partial charge in [-0.2, -0.15) is 0 Å². The predicted molar refractivity (Wildman–Crippen MR) is 297 cm³/mol. The molecule has 1 unspecified atom stereocenters. The molecule has 0 saturated heterocycles. The molecule has 0 radical (unpaired) electrons. The van der Waals surface area contributed by atoms with Gasteiger partial charge < -0.3 is 14.2 Å². The molecule has 0 aromatic heterocycles. The quantitative estimate of drug-likeness (QED) is 0.0262. The molecule has 69 heavy (non-hydrogen) atoms. The van der Waals surface area contributed by atoms with Crippen LogP contribution in [0.4, 0.5) is 0 Å². The van der Waals surface area contributed by atoms with Crippen LogP contribution < -0.4 is 0 Å². The Hall–Kier alpha value is -3.41. The van der Waals surface area contributed by atoms with Crippen LogP contribution in [0.5, 0.6) is 0 Å². The summed E-state index contributed by atoms with van der Waals surface area (Å²) in [5, 5.41) is 0. The van der Waals surface area contributed by atoms with E-state index in [2.05, 4.69) is 106 Å². The highest BCUT2D eigenvalue weighted by Crippen LogP contribution is 2.16. The van der Waals surface area contributed by atoms with Gasteiger partial charge in [0.1, 0.15) is 13.2 Å². The first-order valence-electron chi connectivity index (χ1n) is 29.1. The van der Waals surface area contributed by atoms with Gasteiger partial charge in [0.15, 0.2) is 6.10 Å². The van der Waals surface area contributed by atoms with Crippen molar-refractivity contribution in [1.29, 1.82) is 0 Å².